The number of pyridine rings is 1. The molecular formula is C22H23BrN4OS. The van der Waals surface area contributed by atoms with Crippen LogP contribution in [0.15, 0.2) is 59.2 Å². The predicted molar refractivity (Wildman–Crippen MR) is 122 cm³/mol. The van der Waals surface area contributed by atoms with Gasteiger partial charge in [-0.15, -0.1) is 0 Å². The molecule has 150 valence electrons. The number of nitrogens with zero attached hydrogens (tertiary/aromatic N) is 3. The fraction of sp³-hybridized carbons (Fsp3) is 0.273. The van der Waals surface area contributed by atoms with Gasteiger partial charge in [-0.3, -0.25) is 4.98 Å². The SMILES string of the molecule is Cc1cc([C@@H]2[C@@H](c3ccccn3)NC(=S)N2CCO)c(C)n1-c1ccc(Br)cc1. The average molecular weight is 471 g/mol. The van der Waals surface area contributed by atoms with Crippen molar-refractivity contribution in [3.05, 3.63) is 81.8 Å². The number of aliphatic hydroxyl groups excluding tert-OH is 1. The Hall–Kier alpha value is -2.22. The van der Waals surface area contributed by atoms with Crippen molar-refractivity contribution in [2.24, 2.45) is 0 Å². The number of hydrogen-bond donors (Lipinski definition) is 2. The van der Waals surface area contributed by atoms with Crippen LogP contribution in [-0.4, -0.2) is 37.8 Å². The molecule has 3 heterocycles. The van der Waals surface area contributed by atoms with Gasteiger partial charge in [-0.25, -0.2) is 0 Å². The Labute approximate surface area is 184 Å². The number of rotatable bonds is 5. The minimum Gasteiger partial charge on any atom is -0.395 e. The van der Waals surface area contributed by atoms with Gasteiger partial charge in [0, 0.05) is 34.3 Å². The van der Waals surface area contributed by atoms with Crippen molar-refractivity contribution in [1.29, 1.82) is 0 Å². The number of aliphatic hydroxyl groups is 1. The van der Waals surface area contributed by atoms with Gasteiger partial charge in [0.05, 0.1) is 24.4 Å². The monoisotopic (exact) mass is 470 g/mol. The van der Waals surface area contributed by atoms with E-state index in [1.165, 1.54) is 5.56 Å². The highest BCUT2D eigenvalue weighted by Gasteiger charge is 2.41. The van der Waals surface area contributed by atoms with Gasteiger partial charge in [-0.2, -0.15) is 0 Å². The first-order chi connectivity index (χ1) is 14.0. The van der Waals surface area contributed by atoms with E-state index in [1.54, 1.807) is 6.20 Å². The molecule has 1 fully saturated rings. The molecule has 2 N–H and O–H groups in total. The molecule has 0 aliphatic carbocycles. The summed E-state index contributed by atoms with van der Waals surface area (Å²) < 4.78 is 3.31. The topological polar surface area (TPSA) is 53.3 Å². The zero-order valence-electron chi connectivity index (χ0n) is 16.3. The lowest BCUT2D eigenvalue weighted by Crippen LogP contribution is -2.32. The van der Waals surface area contributed by atoms with Crippen LogP contribution in [0.2, 0.25) is 0 Å². The fourth-order valence-corrected chi connectivity index (χ4v) is 4.76. The van der Waals surface area contributed by atoms with E-state index in [9.17, 15) is 5.11 Å². The molecule has 2 aromatic heterocycles. The van der Waals surface area contributed by atoms with Crippen LogP contribution in [0.3, 0.4) is 0 Å². The fourth-order valence-electron chi connectivity index (χ4n) is 4.17. The number of hydrogen-bond acceptors (Lipinski definition) is 3. The summed E-state index contributed by atoms with van der Waals surface area (Å²) in [6.45, 7) is 4.77. The van der Waals surface area contributed by atoms with Crippen LogP contribution in [0.25, 0.3) is 5.69 Å². The van der Waals surface area contributed by atoms with Crippen molar-refractivity contribution in [2.75, 3.05) is 13.2 Å². The molecule has 3 aromatic rings. The average Bonchev–Trinajstić information content (AvgIpc) is 3.20. The third-order valence-electron chi connectivity index (χ3n) is 5.41. The molecule has 2 atom stereocenters. The number of halogens is 1. The molecule has 1 saturated heterocycles. The highest BCUT2D eigenvalue weighted by atomic mass is 79.9. The third-order valence-corrected chi connectivity index (χ3v) is 6.29. The normalized spacial score (nSPS) is 18.9. The van der Waals surface area contributed by atoms with Gasteiger partial charge in [-0.1, -0.05) is 22.0 Å². The van der Waals surface area contributed by atoms with Crippen molar-refractivity contribution in [2.45, 2.75) is 25.9 Å². The standard InChI is InChI=1S/C22H23BrN4OS/c1-14-13-18(15(2)27(14)17-8-6-16(23)7-9-17)21-20(19-5-3-4-10-24-19)25-22(29)26(21)11-12-28/h3-10,13,20-21,28H,11-12H2,1-2H3,(H,25,29)/t20-,21-/m1/s1. The minimum absolute atomic E-state index is 0.0404. The zero-order chi connectivity index (χ0) is 20.5. The summed E-state index contributed by atoms with van der Waals surface area (Å²) in [5, 5.41) is 13.7. The molecule has 0 bridgehead atoms. The van der Waals surface area contributed by atoms with Crippen LogP contribution in [-0.2, 0) is 0 Å². The Kier molecular flexibility index (Phi) is 5.72. The molecule has 7 heteroatoms. The minimum atomic E-state index is -0.0749. The van der Waals surface area contributed by atoms with Gasteiger partial charge < -0.3 is 19.9 Å². The van der Waals surface area contributed by atoms with Crippen LogP contribution >= 0.6 is 28.1 Å². The molecular weight excluding hydrogens is 448 g/mol. The van der Waals surface area contributed by atoms with Crippen LogP contribution in [0.5, 0.6) is 0 Å². The molecule has 0 saturated carbocycles. The third kappa shape index (κ3) is 3.70. The van der Waals surface area contributed by atoms with Crippen LogP contribution in [0.4, 0.5) is 0 Å². The lowest BCUT2D eigenvalue weighted by Gasteiger charge is -2.27. The Morgan fingerprint density at radius 2 is 1.93 bits per heavy atom. The van der Waals surface area contributed by atoms with E-state index in [1.807, 2.05) is 18.2 Å². The number of aromatic nitrogens is 2. The maximum atomic E-state index is 9.64. The number of nitrogens with one attached hydrogen (secondary N) is 1. The van der Waals surface area contributed by atoms with E-state index in [4.69, 9.17) is 12.2 Å². The first-order valence-corrected chi connectivity index (χ1v) is 10.7. The maximum absolute atomic E-state index is 9.64. The molecule has 4 rings (SSSR count). The van der Waals surface area contributed by atoms with Gasteiger partial charge in [0.1, 0.15) is 0 Å². The quantitative estimate of drug-likeness (QED) is 0.546. The molecule has 0 radical (unpaired) electrons. The van der Waals surface area contributed by atoms with E-state index in [0.717, 1.165) is 27.2 Å². The smallest absolute Gasteiger partial charge is 0.170 e. The highest BCUT2D eigenvalue weighted by molar-refractivity contribution is 9.10. The molecule has 5 nitrogen and oxygen atoms in total. The summed E-state index contributed by atoms with van der Waals surface area (Å²) in [5.74, 6) is 0. The summed E-state index contributed by atoms with van der Waals surface area (Å²) in [7, 11) is 0. The Morgan fingerprint density at radius 3 is 2.59 bits per heavy atom. The van der Waals surface area contributed by atoms with Gasteiger partial charge in [0.25, 0.3) is 0 Å². The number of β-amino-alcohol motifs (C(OH)–C–C–N with tert-alkyl or cyclic N) is 1. The summed E-state index contributed by atoms with van der Waals surface area (Å²) in [4.78, 5) is 6.64. The summed E-state index contributed by atoms with van der Waals surface area (Å²) in [5.41, 5.74) is 5.55. The van der Waals surface area contributed by atoms with Crippen molar-refractivity contribution in [1.82, 2.24) is 19.8 Å². The van der Waals surface area contributed by atoms with Crippen molar-refractivity contribution in [3.8, 4) is 5.69 Å². The van der Waals surface area contributed by atoms with Crippen LogP contribution in [0.1, 0.15) is 34.7 Å². The maximum Gasteiger partial charge on any atom is 0.170 e. The Bertz CT molecular complexity index is 1020. The van der Waals surface area contributed by atoms with E-state index in [-0.39, 0.29) is 18.7 Å². The van der Waals surface area contributed by atoms with Gasteiger partial charge >= 0.3 is 0 Å². The van der Waals surface area contributed by atoms with Crippen LogP contribution < -0.4 is 5.32 Å². The van der Waals surface area contributed by atoms with E-state index < -0.39 is 0 Å². The number of thiocarbonyl (C=S) groups is 1. The molecule has 29 heavy (non-hydrogen) atoms. The highest BCUT2D eigenvalue weighted by Crippen LogP contribution is 2.41. The summed E-state index contributed by atoms with van der Waals surface area (Å²) in [6, 6.07) is 16.3. The van der Waals surface area contributed by atoms with Crippen molar-refractivity contribution < 1.29 is 5.11 Å². The molecule has 1 aromatic carbocycles. The van der Waals surface area contributed by atoms with Crippen molar-refractivity contribution >= 4 is 33.3 Å². The number of benzene rings is 1. The lowest BCUT2D eigenvalue weighted by atomic mass is 9.97. The van der Waals surface area contributed by atoms with E-state index in [2.05, 4.69) is 79.9 Å². The van der Waals surface area contributed by atoms with E-state index >= 15 is 0 Å². The van der Waals surface area contributed by atoms with Gasteiger partial charge in [-0.05, 0) is 74.1 Å². The predicted octanol–water partition coefficient (Wildman–Crippen LogP) is 4.22. The summed E-state index contributed by atoms with van der Waals surface area (Å²) >= 11 is 9.13. The second kappa shape index (κ2) is 8.26. The molecule has 0 unspecified atom stereocenters. The van der Waals surface area contributed by atoms with Crippen LogP contribution in [0, 0.1) is 13.8 Å². The molecule has 1 aliphatic heterocycles. The summed E-state index contributed by atoms with van der Waals surface area (Å²) in [6.07, 6.45) is 1.80. The second-order valence-electron chi connectivity index (χ2n) is 7.18. The van der Waals surface area contributed by atoms with Gasteiger partial charge in [0.15, 0.2) is 5.11 Å². The van der Waals surface area contributed by atoms with Crippen molar-refractivity contribution in [3.63, 3.8) is 0 Å². The first-order valence-electron chi connectivity index (χ1n) is 9.55. The number of aryl methyl sites for hydroxylation is 1. The molecule has 1 aliphatic rings. The van der Waals surface area contributed by atoms with Gasteiger partial charge in [0.2, 0.25) is 0 Å². The largest absolute Gasteiger partial charge is 0.395 e. The first kappa shape index (κ1) is 20.1. The van der Waals surface area contributed by atoms with E-state index in [0.29, 0.717) is 11.7 Å². The Balaban J connectivity index is 1.82. The Morgan fingerprint density at radius 1 is 1.17 bits per heavy atom. The lowest BCUT2D eigenvalue weighted by molar-refractivity contribution is 0.223. The zero-order valence-corrected chi connectivity index (χ0v) is 18.7. The molecule has 0 amide bonds. The second-order valence-corrected chi connectivity index (χ2v) is 8.48. The molecule has 0 spiro atoms.